The molecular formula is C23H28Cl2N2O4. The third-order valence-electron chi connectivity index (χ3n) is 4.67. The van der Waals surface area contributed by atoms with Crippen LogP contribution in [0.25, 0.3) is 0 Å². The van der Waals surface area contributed by atoms with Gasteiger partial charge in [0.1, 0.15) is 6.04 Å². The van der Waals surface area contributed by atoms with Gasteiger partial charge in [-0.1, -0.05) is 43.1 Å². The van der Waals surface area contributed by atoms with Crippen LogP contribution in [0.3, 0.4) is 0 Å². The van der Waals surface area contributed by atoms with Gasteiger partial charge in [-0.05, 0) is 54.7 Å². The quantitative estimate of drug-likeness (QED) is 0.539. The van der Waals surface area contributed by atoms with Crippen LogP contribution in [0.15, 0.2) is 36.4 Å². The Morgan fingerprint density at radius 3 is 2.32 bits per heavy atom. The highest BCUT2D eigenvalue weighted by atomic mass is 35.5. The van der Waals surface area contributed by atoms with Crippen LogP contribution >= 0.6 is 23.2 Å². The van der Waals surface area contributed by atoms with Crippen molar-refractivity contribution in [3.8, 4) is 11.5 Å². The Balaban J connectivity index is 2.00. The molecule has 6 nitrogen and oxygen atoms in total. The zero-order chi connectivity index (χ0) is 23.0. The van der Waals surface area contributed by atoms with Gasteiger partial charge in [-0.3, -0.25) is 9.59 Å². The summed E-state index contributed by atoms with van der Waals surface area (Å²) >= 11 is 12.0. The minimum Gasteiger partial charge on any atom is -0.493 e. The van der Waals surface area contributed by atoms with Gasteiger partial charge in [-0.15, -0.1) is 0 Å². The van der Waals surface area contributed by atoms with Crippen molar-refractivity contribution in [2.45, 2.75) is 32.7 Å². The number of amides is 2. The molecule has 0 aromatic heterocycles. The molecule has 0 heterocycles. The maximum Gasteiger partial charge on any atom is 0.253 e. The topological polar surface area (TPSA) is 76.7 Å². The highest BCUT2D eigenvalue weighted by Gasteiger charge is 2.23. The van der Waals surface area contributed by atoms with Crippen molar-refractivity contribution in [3.05, 3.63) is 57.6 Å². The second-order valence-electron chi connectivity index (χ2n) is 7.51. The van der Waals surface area contributed by atoms with Crippen molar-refractivity contribution in [2.75, 3.05) is 20.8 Å². The van der Waals surface area contributed by atoms with Gasteiger partial charge in [-0.2, -0.15) is 0 Å². The van der Waals surface area contributed by atoms with Gasteiger partial charge in [0.25, 0.3) is 5.91 Å². The van der Waals surface area contributed by atoms with Crippen LogP contribution in [0.2, 0.25) is 10.0 Å². The summed E-state index contributed by atoms with van der Waals surface area (Å²) in [5, 5.41) is 6.37. The number of ether oxygens (including phenoxy) is 2. The zero-order valence-corrected chi connectivity index (χ0v) is 19.6. The highest BCUT2D eigenvalue weighted by Crippen LogP contribution is 2.27. The van der Waals surface area contributed by atoms with Gasteiger partial charge >= 0.3 is 0 Å². The first-order valence-corrected chi connectivity index (χ1v) is 10.7. The lowest BCUT2D eigenvalue weighted by atomic mass is 10.0. The molecule has 2 N–H and O–H groups in total. The zero-order valence-electron chi connectivity index (χ0n) is 18.1. The van der Waals surface area contributed by atoms with E-state index in [2.05, 4.69) is 10.6 Å². The molecule has 0 fully saturated rings. The lowest BCUT2D eigenvalue weighted by molar-refractivity contribution is -0.123. The Labute approximate surface area is 193 Å². The lowest BCUT2D eigenvalue weighted by Crippen LogP contribution is -2.47. The number of rotatable bonds is 10. The van der Waals surface area contributed by atoms with E-state index < -0.39 is 11.9 Å². The fourth-order valence-electron chi connectivity index (χ4n) is 3.10. The number of carbonyl (C=O) groups excluding carboxylic acids is 2. The molecule has 168 valence electrons. The normalized spacial score (nSPS) is 11.7. The van der Waals surface area contributed by atoms with E-state index >= 15 is 0 Å². The maximum atomic E-state index is 12.8. The predicted octanol–water partition coefficient (Wildman–Crippen LogP) is 4.51. The van der Waals surface area contributed by atoms with Gasteiger partial charge < -0.3 is 20.1 Å². The van der Waals surface area contributed by atoms with Crippen molar-refractivity contribution in [1.82, 2.24) is 10.6 Å². The van der Waals surface area contributed by atoms with Crippen LogP contribution in [0.4, 0.5) is 0 Å². The summed E-state index contributed by atoms with van der Waals surface area (Å²) in [4.78, 5) is 25.4. The van der Waals surface area contributed by atoms with Crippen LogP contribution in [0, 0.1) is 5.92 Å². The molecule has 2 aromatic rings. The van der Waals surface area contributed by atoms with Gasteiger partial charge in [0.05, 0.1) is 24.8 Å². The summed E-state index contributed by atoms with van der Waals surface area (Å²) in [6, 6.07) is 9.57. The molecule has 1 unspecified atom stereocenters. The van der Waals surface area contributed by atoms with Crippen LogP contribution < -0.4 is 20.1 Å². The Bertz CT molecular complexity index is 918. The van der Waals surface area contributed by atoms with E-state index in [9.17, 15) is 9.59 Å². The van der Waals surface area contributed by atoms with Gasteiger partial charge in [0.2, 0.25) is 5.91 Å². The number of methoxy groups -OCH3 is 2. The van der Waals surface area contributed by atoms with E-state index in [0.29, 0.717) is 35.9 Å². The van der Waals surface area contributed by atoms with Crippen LogP contribution in [-0.2, 0) is 11.2 Å². The monoisotopic (exact) mass is 466 g/mol. The average molecular weight is 467 g/mol. The summed E-state index contributed by atoms with van der Waals surface area (Å²) in [6.45, 7) is 4.40. The molecule has 0 bridgehead atoms. The smallest absolute Gasteiger partial charge is 0.253 e. The van der Waals surface area contributed by atoms with Gasteiger partial charge in [-0.25, -0.2) is 0 Å². The van der Waals surface area contributed by atoms with Crippen molar-refractivity contribution in [3.63, 3.8) is 0 Å². The molecule has 0 aliphatic carbocycles. The second-order valence-corrected chi connectivity index (χ2v) is 8.35. The van der Waals surface area contributed by atoms with E-state index in [1.54, 1.807) is 26.4 Å². The molecule has 0 aliphatic heterocycles. The standard InChI is InChI=1S/C23H28Cl2N2O4/c1-14(2)11-19(27-22(28)17-7-6-16(24)13-18(17)25)23(29)26-10-9-15-5-8-20(30-3)21(12-15)31-4/h5-8,12-14,19H,9-11H2,1-4H3,(H,26,29)(H,27,28). The molecule has 0 saturated carbocycles. The number of nitrogens with one attached hydrogen (secondary N) is 2. The summed E-state index contributed by atoms with van der Waals surface area (Å²) in [5.74, 6) is 0.838. The molecule has 2 aromatic carbocycles. The van der Waals surface area contributed by atoms with Crippen LogP contribution in [0.1, 0.15) is 36.2 Å². The minimum absolute atomic E-state index is 0.211. The van der Waals surface area contributed by atoms with E-state index in [0.717, 1.165) is 5.56 Å². The molecule has 0 spiro atoms. The summed E-state index contributed by atoms with van der Waals surface area (Å²) < 4.78 is 10.5. The Morgan fingerprint density at radius 2 is 1.71 bits per heavy atom. The SMILES string of the molecule is COc1ccc(CCNC(=O)C(CC(C)C)NC(=O)c2ccc(Cl)cc2Cl)cc1OC. The number of carbonyl (C=O) groups is 2. The number of benzene rings is 2. The Kier molecular flexibility index (Phi) is 9.46. The summed E-state index contributed by atoms with van der Waals surface area (Å²) in [6.07, 6.45) is 1.11. The fourth-order valence-corrected chi connectivity index (χ4v) is 3.60. The highest BCUT2D eigenvalue weighted by molar-refractivity contribution is 6.36. The molecule has 0 aliphatic rings. The third kappa shape index (κ3) is 7.33. The molecule has 2 amide bonds. The van der Waals surface area contributed by atoms with E-state index in [1.165, 1.54) is 6.07 Å². The van der Waals surface area contributed by atoms with Gasteiger partial charge in [0, 0.05) is 11.6 Å². The largest absolute Gasteiger partial charge is 0.493 e. The van der Waals surface area contributed by atoms with Gasteiger partial charge in [0.15, 0.2) is 11.5 Å². The van der Waals surface area contributed by atoms with Crippen molar-refractivity contribution >= 4 is 35.0 Å². The van der Waals surface area contributed by atoms with Crippen molar-refractivity contribution < 1.29 is 19.1 Å². The first-order chi connectivity index (χ1) is 14.7. The van der Waals surface area contributed by atoms with Crippen LogP contribution in [0.5, 0.6) is 11.5 Å². The van der Waals surface area contributed by atoms with Crippen LogP contribution in [-0.4, -0.2) is 38.6 Å². The van der Waals surface area contributed by atoms with Crippen molar-refractivity contribution in [2.24, 2.45) is 5.92 Å². The van der Waals surface area contributed by atoms with E-state index in [4.69, 9.17) is 32.7 Å². The molecule has 0 saturated heterocycles. The average Bonchev–Trinajstić information content (AvgIpc) is 2.72. The minimum atomic E-state index is -0.676. The lowest BCUT2D eigenvalue weighted by Gasteiger charge is -2.20. The molecular weight excluding hydrogens is 439 g/mol. The summed E-state index contributed by atoms with van der Waals surface area (Å²) in [5.41, 5.74) is 1.27. The molecule has 0 radical (unpaired) electrons. The van der Waals surface area contributed by atoms with Crippen molar-refractivity contribution in [1.29, 1.82) is 0 Å². The second kappa shape index (κ2) is 11.8. The third-order valence-corrected chi connectivity index (χ3v) is 5.21. The molecule has 1 atom stereocenters. The fraction of sp³-hybridized carbons (Fsp3) is 0.391. The summed E-state index contributed by atoms with van der Waals surface area (Å²) in [7, 11) is 3.16. The number of halogens is 2. The first-order valence-electron chi connectivity index (χ1n) is 9.99. The first kappa shape index (κ1) is 24.8. The molecule has 31 heavy (non-hydrogen) atoms. The Hall–Kier alpha value is -2.44. The van der Waals surface area contributed by atoms with E-state index in [-0.39, 0.29) is 22.4 Å². The number of hydrogen-bond donors (Lipinski definition) is 2. The molecule has 8 heteroatoms. The Morgan fingerprint density at radius 1 is 1.00 bits per heavy atom. The molecule has 2 rings (SSSR count). The predicted molar refractivity (Wildman–Crippen MR) is 123 cm³/mol. The maximum absolute atomic E-state index is 12.8. The van der Waals surface area contributed by atoms with E-state index in [1.807, 2.05) is 32.0 Å². The number of hydrogen-bond acceptors (Lipinski definition) is 4.